The smallest absolute Gasteiger partial charge is 0.317 e. The van der Waals surface area contributed by atoms with Crippen LogP contribution in [0.5, 0.6) is 0 Å². The highest BCUT2D eigenvalue weighted by Gasteiger charge is 2.52. The van der Waals surface area contributed by atoms with Crippen molar-refractivity contribution in [3.63, 3.8) is 0 Å². The van der Waals surface area contributed by atoms with E-state index in [2.05, 4.69) is 20.5 Å². The summed E-state index contributed by atoms with van der Waals surface area (Å²) in [6.07, 6.45) is -3.16. The zero-order valence-electron chi connectivity index (χ0n) is 19.3. The van der Waals surface area contributed by atoms with E-state index in [0.29, 0.717) is 5.56 Å². The summed E-state index contributed by atoms with van der Waals surface area (Å²) in [7, 11) is 0. The first kappa shape index (κ1) is 25.6. The van der Waals surface area contributed by atoms with E-state index < -0.39 is 54.5 Å². The molecule has 5 atom stereocenters. The second-order valence-electron chi connectivity index (χ2n) is 7.41. The first-order valence-electron chi connectivity index (χ1n) is 10.4. The summed E-state index contributed by atoms with van der Waals surface area (Å²) >= 11 is 0. The SMILES string of the molecule is CC(=O)OC[C@@H]1O[C@H](Nc2nnc(-c3ccncc3)o2)[C@@H](OC(C)=O)[C@H](OC(C)=O)[C@H]1OC(C)=O. The van der Waals surface area contributed by atoms with Gasteiger partial charge < -0.3 is 33.4 Å². The molecule has 2 aromatic rings. The van der Waals surface area contributed by atoms with Crippen LogP contribution in [0.25, 0.3) is 11.5 Å². The highest BCUT2D eigenvalue weighted by atomic mass is 16.7. The summed E-state index contributed by atoms with van der Waals surface area (Å²) in [5, 5.41) is 10.6. The lowest BCUT2D eigenvalue weighted by molar-refractivity contribution is -0.247. The van der Waals surface area contributed by atoms with Crippen LogP contribution in [-0.4, -0.2) is 76.3 Å². The van der Waals surface area contributed by atoms with Gasteiger partial charge in [-0.3, -0.25) is 24.2 Å². The van der Waals surface area contributed by atoms with E-state index in [4.69, 9.17) is 28.1 Å². The fourth-order valence-corrected chi connectivity index (χ4v) is 3.36. The molecule has 1 N–H and O–H groups in total. The van der Waals surface area contributed by atoms with Gasteiger partial charge >= 0.3 is 29.9 Å². The monoisotopic (exact) mass is 492 g/mol. The quantitative estimate of drug-likeness (QED) is 0.400. The molecular formula is C21H24N4O10. The fraction of sp³-hybridized carbons (Fsp3) is 0.476. The van der Waals surface area contributed by atoms with Crippen molar-refractivity contribution in [2.24, 2.45) is 0 Å². The number of aromatic nitrogens is 3. The molecule has 14 heteroatoms. The minimum Gasteiger partial charge on any atom is -0.463 e. The normalized spacial score (nSPS) is 23.6. The van der Waals surface area contributed by atoms with Gasteiger partial charge in [-0.1, -0.05) is 5.10 Å². The van der Waals surface area contributed by atoms with E-state index in [1.807, 2.05) is 0 Å². The van der Waals surface area contributed by atoms with E-state index in [9.17, 15) is 19.2 Å². The molecule has 0 aromatic carbocycles. The molecule has 0 unspecified atom stereocenters. The lowest BCUT2D eigenvalue weighted by atomic mass is 9.97. The highest BCUT2D eigenvalue weighted by Crippen LogP contribution is 2.30. The summed E-state index contributed by atoms with van der Waals surface area (Å²) in [5.41, 5.74) is 0.599. The Labute approximate surface area is 199 Å². The number of carbonyl (C=O) groups is 4. The molecule has 1 aliphatic rings. The maximum Gasteiger partial charge on any atom is 0.317 e. The molecule has 35 heavy (non-hydrogen) atoms. The third-order valence-corrected chi connectivity index (χ3v) is 4.61. The number of nitrogens with zero attached hydrogens (tertiary/aromatic N) is 3. The Bertz CT molecular complexity index is 1060. The van der Waals surface area contributed by atoms with Crippen LogP contribution in [-0.2, 0) is 42.9 Å². The summed E-state index contributed by atoms with van der Waals surface area (Å²) in [6, 6.07) is 3.20. The number of ether oxygens (including phenoxy) is 5. The van der Waals surface area contributed by atoms with Gasteiger partial charge in [-0.25, -0.2) is 0 Å². The summed E-state index contributed by atoms with van der Waals surface area (Å²) in [6.45, 7) is 4.24. The van der Waals surface area contributed by atoms with Gasteiger partial charge in [0, 0.05) is 45.7 Å². The topological polar surface area (TPSA) is 178 Å². The number of pyridine rings is 1. The van der Waals surface area contributed by atoms with Crippen LogP contribution in [0.15, 0.2) is 28.9 Å². The van der Waals surface area contributed by atoms with Crippen molar-refractivity contribution in [3.05, 3.63) is 24.5 Å². The van der Waals surface area contributed by atoms with E-state index in [1.165, 1.54) is 6.92 Å². The van der Waals surface area contributed by atoms with Crippen LogP contribution in [0.4, 0.5) is 6.01 Å². The van der Waals surface area contributed by atoms with Crippen molar-refractivity contribution in [1.29, 1.82) is 0 Å². The number of carbonyl (C=O) groups excluding carboxylic acids is 4. The Morgan fingerprint density at radius 3 is 2.06 bits per heavy atom. The van der Waals surface area contributed by atoms with Crippen LogP contribution in [0.2, 0.25) is 0 Å². The third kappa shape index (κ3) is 6.96. The zero-order chi connectivity index (χ0) is 25.5. The van der Waals surface area contributed by atoms with Gasteiger partial charge in [-0.2, -0.15) is 0 Å². The van der Waals surface area contributed by atoms with Gasteiger partial charge in [0.1, 0.15) is 12.7 Å². The number of esters is 4. The summed E-state index contributed by atoms with van der Waals surface area (Å²) in [5.74, 6) is -2.65. The maximum absolute atomic E-state index is 11.9. The van der Waals surface area contributed by atoms with Gasteiger partial charge in [-0.05, 0) is 12.1 Å². The molecule has 3 rings (SSSR count). The molecule has 2 aromatic heterocycles. The minimum atomic E-state index is -1.32. The van der Waals surface area contributed by atoms with Gasteiger partial charge in [0.15, 0.2) is 24.5 Å². The molecule has 0 bridgehead atoms. The first-order chi connectivity index (χ1) is 16.6. The molecule has 0 radical (unpaired) electrons. The molecule has 14 nitrogen and oxygen atoms in total. The first-order valence-corrected chi connectivity index (χ1v) is 10.4. The van der Waals surface area contributed by atoms with E-state index in [1.54, 1.807) is 24.5 Å². The molecule has 3 heterocycles. The van der Waals surface area contributed by atoms with Crippen molar-refractivity contribution in [2.45, 2.75) is 58.3 Å². The van der Waals surface area contributed by atoms with Crippen molar-refractivity contribution in [2.75, 3.05) is 11.9 Å². The molecule has 0 spiro atoms. The van der Waals surface area contributed by atoms with Crippen LogP contribution >= 0.6 is 0 Å². The predicted molar refractivity (Wildman–Crippen MR) is 113 cm³/mol. The van der Waals surface area contributed by atoms with E-state index in [0.717, 1.165) is 20.8 Å². The standard InChI is InChI=1S/C21H24N4O10/c1-10(26)30-9-15-16(31-11(2)27)17(32-12(3)28)18(33-13(4)29)20(34-15)23-21-25-24-19(35-21)14-5-7-22-8-6-14/h5-8,15-18,20H,9H2,1-4H3,(H,23,25)/t15-,16-,17+,18-,20-/m0/s1. The van der Waals surface area contributed by atoms with Gasteiger partial charge in [0.05, 0.1) is 0 Å². The molecule has 1 fully saturated rings. The summed E-state index contributed by atoms with van der Waals surface area (Å²) < 4.78 is 32.6. The van der Waals surface area contributed by atoms with E-state index >= 15 is 0 Å². The van der Waals surface area contributed by atoms with Gasteiger partial charge in [0.2, 0.25) is 5.89 Å². The molecule has 188 valence electrons. The van der Waals surface area contributed by atoms with Crippen LogP contribution in [0.1, 0.15) is 27.7 Å². The zero-order valence-corrected chi connectivity index (χ0v) is 19.3. The number of hydrogen-bond donors (Lipinski definition) is 1. The van der Waals surface area contributed by atoms with Crippen LogP contribution in [0.3, 0.4) is 0 Å². The van der Waals surface area contributed by atoms with Crippen LogP contribution in [0, 0.1) is 0 Å². The van der Waals surface area contributed by atoms with Gasteiger partial charge in [-0.15, -0.1) is 5.10 Å². The molecule has 1 saturated heterocycles. The average molecular weight is 492 g/mol. The highest BCUT2D eigenvalue weighted by molar-refractivity contribution is 5.69. The van der Waals surface area contributed by atoms with Crippen molar-refractivity contribution < 1.29 is 47.3 Å². The van der Waals surface area contributed by atoms with Gasteiger partial charge in [0.25, 0.3) is 0 Å². The minimum absolute atomic E-state index is 0.113. The fourth-order valence-electron chi connectivity index (χ4n) is 3.36. The van der Waals surface area contributed by atoms with Crippen molar-refractivity contribution >= 4 is 29.9 Å². The molecule has 1 aliphatic heterocycles. The predicted octanol–water partition coefficient (Wildman–Crippen LogP) is 0.627. The Hall–Kier alpha value is -4.07. The number of anilines is 1. The second kappa shape index (κ2) is 11.4. The van der Waals surface area contributed by atoms with Crippen LogP contribution < -0.4 is 5.32 Å². The van der Waals surface area contributed by atoms with E-state index in [-0.39, 0.29) is 18.5 Å². The second-order valence-corrected chi connectivity index (χ2v) is 7.41. The Morgan fingerprint density at radius 1 is 0.857 bits per heavy atom. The number of hydrogen-bond acceptors (Lipinski definition) is 14. The Kier molecular flexibility index (Phi) is 8.30. The summed E-state index contributed by atoms with van der Waals surface area (Å²) in [4.78, 5) is 50.9. The number of rotatable bonds is 8. The molecule has 0 aliphatic carbocycles. The molecular weight excluding hydrogens is 468 g/mol. The molecule has 0 saturated carbocycles. The molecule has 0 amide bonds. The van der Waals surface area contributed by atoms with Crippen molar-refractivity contribution in [1.82, 2.24) is 15.2 Å². The largest absolute Gasteiger partial charge is 0.463 e. The third-order valence-electron chi connectivity index (χ3n) is 4.61. The van der Waals surface area contributed by atoms with Crippen molar-refractivity contribution in [3.8, 4) is 11.5 Å². The lowest BCUT2D eigenvalue weighted by Gasteiger charge is -2.44. The Morgan fingerprint density at radius 2 is 1.46 bits per heavy atom. The lowest BCUT2D eigenvalue weighted by Crippen LogP contribution is -2.64. The number of nitrogens with one attached hydrogen (secondary N) is 1. The Balaban J connectivity index is 1.94. The average Bonchev–Trinajstić information content (AvgIpc) is 3.25. The maximum atomic E-state index is 11.9.